The molecule has 0 spiro atoms. The van der Waals surface area contributed by atoms with Crippen molar-refractivity contribution in [3.63, 3.8) is 0 Å². The minimum Gasteiger partial charge on any atom is -0.480 e. The van der Waals surface area contributed by atoms with Gasteiger partial charge >= 0.3 is 12.1 Å². The second-order valence-electron chi connectivity index (χ2n) is 7.48. The standard InChI is InChI=1S/C24H16Cl2F4N2O4/c25-15-4-2-5-16(26)20(15)22(34)31-13-9-7-12(8-10-13)11-18(23(35)36)32-21(33)19-14(24(28,29)30)3-1-6-17(19)27/h1-10,18H,11H2,(H,31,34)(H,32,33)(H,35,36)/t18-/m0/s1. The van der Waals surface area contributed by atoms with Crippen LogP contribution in [0.1, 0.15) is 31.8 Å². The van der Waals surface area contributed by atoms with Gasteiger partial charge < -0.3 is 15.7 Å². The van der Waals surface area contributed by atoms with E-state index in [1.54, 1.807) is 6.07 Å². The molecule has 6 nitrogen and oxygen atoms in total. The van der Waals surface area contributed by atoms with Gasteiger partial charge in [-0.25, -0.2) is 9.18 Å². The van der Waals surface area contributed by atoms with Crippen molar-refractivity contribution >= 4 is 46.7 Å². The van der Waals surface area contributed by atoms with Crippen LogP contribution in [0, 0.1) is 5.82 Å². The lowest BCUT2D eigenvalue weighted by atomic mass is 10.0. The molecule has 3 N–H and O–H groups in total. The van der Waals surface area contributed by atoms with Crippen molar-refractivity contribution < 1.29 is 37.1 Å². The monoisotopic (exact) mass is 542 g/mol. The summed E-state index contributed by atoms with van der Waals surface area (Å²) in [7, 11) is 0. The number of alkyl halides is 3. The molecule has 2 amide bonds. The van der Waals surface area contributed by atoms with E-state index in [-0.39, 0.29) is 22.0 Å². The molecule has 12 heteroatoms. The summed E-state index contributed by atoms with van der Waals surface area (Å²) in [6.45, 7) is 0. The maximum absolute atomic E-state index is 14.1. The fraction of sp³-hybridized carbons (Fsp3) is 0.125. The fourth-order valence-electron chi connectivity index (χ4n) is 3.29. The highest BCUT2D eigenvalue weighted by Crippen LogP contribution is 2.33. The van der Waals surface area contributed by atoms with Gasteiger partial charge in [-0.2, -0.15) is 13.2 Å². The summed E-state index contributed by atoms with van der Waals surface area (Å²) in [6, 6.07) is 10.6. The summed E-state index contributed by atoms with van der Waals surface area (Å²) >= 11 is 12.0. The first-order valence-corrected chi connectivity index (χ1v) is 10.9. The van der Waals surface area contributed by atoms with E-state index in [1.807, 2.05) is 5.32 Å². The Balaban J connectivity index is 1.74. The highest BCUT2D eigenvalue weighted by Gasteiger charge is 2.37. The summed E-state index contributed by atoms with van der Waals surface area (Å²) in [6.07, 6.45) is -5.36. The number of nitrogens with one attached hydrogen (secondary N) is 2. The first-order chi connectivity index (χ1) is 16.9. The van der Waals surface area contributed by atoms with Crippen LogP contribution in [0.4, 0.5) is 23.2 Å². The Kier molecular flexibility index (Phi) is 8.21. The van der Waals surface area contributed by atoms with E-state index in [4.69, 9.17) is 23.2 Å². The molecule has 0 bridgehead atoms. The van der Waals surface area contributed by atoms with Gasteiger partial charge in [-0.3, -0.25) is 9.59 Å². The number of carbonyl (C=O) groups is 3. The van der Waals surface area contributed by atoms with Gasteiger partial charge in [0.2, 0.25) is 0 Å². The summed E-state index contributed by atoms with van der Waals surface area (Å²) in [5.41, 5.74) is -2.08. The van der Waals surface area contributed by atoms with E-state index in [1.165, 1.54) is 36.4 Å². The second-order valence-corrected chi connectivity index (χ2v) is 8.29. The minimum atomic E-state index is -5.03. The van der Waals surface area contributed by atoms with Crippen LogP contribution in [-0.4, -0.2) is 28.9 Å². The van der Waals surface area contributed by atoms with Crippen molar-refractivity contribution in [2.45, 2.75) is 18.6 Å². The Morgan fingerprint density at radius 1 is 0.861 bits per heavy atom. The third-order valence-corrected chi connectivity index (χ3v) is 5.62. The van der Waals surface area contributed by atoms with Gasteiger partial charge in [0.25, 0.3) is 11.8 Å². The number of hydrogen-bond donors (Lipinski definition) is 3. The Morgan fingerprint density at radius 2 is 1.44 bits per heavy atom. The molecule has 0 aliphatic carbocycles. The van der Waals surface area contributed by atoms with Gasteiger partial charge in [-0.05, 0) is 42.0 Å². The lowest BCUT2D eigenvalue weighted by Gasteiger charge is -2.18. The van der Waals surface area contributed by atoms with Crippen LogP contribution < -0.4 is 10.6 Å². The zero-order chi connectivity index (χ0) is 26.6. The molecule has 0 aliphatic heterocycles. The summed E-state index contributed by atoms with van der Waals surface area (Å²) < 4.78 is 53.7. The predicted molar refractivity (Wildman–Crippen MR) is 125 cm³/mol. The van der Waals surface area contributed by atoms with Crippen LogP contribution in [0.2, 0.25) is 10.0 Å². The van der Waals surface area contributed by atoms with Crippen LogP contribution in [0.25, 0.3) is 0 Å². The van der Waals surface area contributed by atoms with Crippen molar-refractivity contribution in [2.75, 3.05) is 5.32 Å². The number of benzene rings is 3. The molecule has 1 atom stereocenters. The average molecular weight is 543 g/mol. The van der Waals surface area contributed by atoms with E-state index in [0.29, 0.717) is 23.4 Å². The van der Waals surface area contributed by atoms with E-state index >= 15 is 0 Å². The topological polar surface area (TPSA) is 95.5 Å². The Labute approximate surface area is 211 Å². The van der Waals surface area contributed by atoms with Gasteiger partial charge in [-0.15, -0.1) is 0 Å². The van der Waals surface area contributed by atoms with E-state index in [2.05, 4.69) is 5.32 Å². The van der Waals surface area contributed by atoms with Crippen molar-refractivity contribution in [2.24, 2.45) is 0 Å². The van der Waals surface area contributed by atoms with Crippen LogP contribution in [0.15, 0.2) is 60.7 Å². The molecule has 3 aromatic rings. The van der Waals surface area contributed by atoms with Crippen LogP contribution in [0.3, 0.4) is 0 Å². The molecule has 0 fully saturated rings. The number of halogens is 6. The number of anilines is 1. The quantitative estimate of drug-likeness (QED) is 0.327. The SMILES string of the molecule is O=C(Nc1ccc(C[C@H](NC(=O)c2c(F)cccc2C(F)(F)F)C(=O)O)cc1)c1c(Cl)cccc1Cl. The third kappa shape index (κ3) is 6.32. The van der Waals surface area contributed by atoms with Gasteiger partial charge in [0, 0.05) is 12.1 Å². The summed E-state index contributed by atoms with van der Waals surface area (Å²) in [5, 5.41) is 14.3. The fourth-order valence-corrected chi connectivity index (χ4v) is 3.86. The number of rotatable bonds is 7. The molecule has 188 valence electrons. The highest BCUT2D eigenvalue weighted by atomic mass is 35.5. The van der Waals surface area contributed by atoms with Crippen LogP contribution in [0.5, 0.6) is 0 Å². The molecule has 36 heavy (non-hydrogen) atoms. The van der Waals surface area contributed by atoms with Crippen molar-refractivity contribution in [1.29, 1.82) is 0 Å². The van der Waals surface area contributed by atoms with Gasteiger partial charge in [0.15, 0.2) is 0 Å². The summed E-state index contributed by atoms with van der Waals surface area (Å²) in [5.74, 6) is -5.09. The number of carboxylic acids is 1. The molecule has 0 aromatic heterocycles. The normalized spacial score (nSPS) is 12.1. The van der Waals surface area contributed by atoms with Crippen molar-refractivity contribution in [1.82, 2.24) is 5.32 Å². The molecule has 0 saturated carbocycles. The number of carboxylic acid groups (broad SMARTS) is 1. The van der Waals surface area contributed by atoms with E-state index < -0.39 is 46.9 Å². The number of aliphatic carboxylic acids is 1. The highest BCUT2D eigenvalue weighted by molar-refractivity contribution is 6.40. The molecule has 0 aliphatic rings. The van der Waals surface area contributed by atoms with E-state index in [9.17, 15) is 37.1 Å². The minimum absolute atomic E-state index is 0.0601. The lowest BCUT2D eigenvalue weighted by Crippen LogP contribution is -2.43. The lowest BCUT2D eigenvalue weighted by molar-refractivity contribution is -0.139. The molecular weight excluding hydrogens is 527 g/mol. The maximum Gasteiger partial charge on any atom is 0.417 e. The van der Waals surface area contributed by atoms with Gasteiger partial charge in [0.1, 0.15) is 11.9 Å². The van der Waals surface area contributed by atoms with Crippen molar-refractivity contribution in [3.8, 4) is 0 Å². The van der Waals surface area contributed by atoms with E-state index in [0.717, 1.165) is 6.07 Å². The molecule has 0 radical (unpaired) electrons. The molecule has 3 aromatic carbocycles. The largest absolute Gasteiger partial charge is 0.480 e. The van der Waals surface area contributed by atoms with Crippen LogP contribution >= 0.6 is 23.2 Å². The molecular formula is C24H16Cl2F4N2O4. The maximum atomic E-state index is 14.1. The number of carbonyl (C=O) groups excluding carboxylic acids is 2. The Bertz CT molecular complexity index is 1290. The molecule has 3 rings (SSSR count). The average Bonchev–Trinajstić information content (AvgIpc) is 2.78. The predicted octanol–water partition coefficient (Wildman–Crippen LogP) is 5.83. The van der Waals surface area contributed by atoms with Gasteiger partial charge in [0.05, 0.1) is 26.7 Å². The number of amides is 2. The number of hydrogen-bond acceptors (Lipinski definition) is 3. The first kappa shape index (κ1) is 27.0. The van der Waals surface area contributed by atoms with Gasteiger partial charge in [-0.1, -0.05) is 47.5 Å². The zero-order valence-corrected chi connectivity index (χ0v) is 19.5. The van der Waals surface area contributed by atoms with Crippen LogP contribution in [-0.2, 0) is 17.4 Å². The zero-order valence-electron chi connectivity index (χ0n) is 18.0. The molecule has 0 unspecified atom stereocenters. The Hall–Kier alpha value is -3.63. The van der Waals surface area contributed by atoms with Crippen molar-refractivity contribution in [3.05, 3.63) is 98.8 Å². The molecule has 0 heterocycles. The second kappa shape index (κ2) is 11.0. The molecule has 0 saturated heterocycles. The summed E-state index contributed by atoms with van der Waals surface area (Å²) in [4.78, 5) is 36.6. The smallest absolute Gasteiger partial charge is 0.417 e. The Morgan fingerprint density at radius 3 is 2.00 bits per heavy atom. The first-order valence-electron chi connectivity index (χ1n) is 10.1. The third-order valence-electron chi connectivity index (χ3n) is 4.99.